The predicted octanol–water partition coefficient (Wildman–Crippen LogP) is 3.38. The summed E-state index contributed by atoms with van der Waals surface area (Å²) in [5.74, 6) is -1.37. The van der Waals surface area contributed by atoms with Gasteiger partial charge in [0.2, 0.25) is 0 Å². The zero-order valence-electron chi connectivity index (χ0n) is 12.7. The van der Waals surface area contributed by atoms with Crippen LogP contribution >= 0.6 is 0 Å². The molecule has 0 aliphatic carbocycles. The molecule has 0 radical (unpaired) electrons. The Morgan fingerprint density at radius 2 is 1.76 bits per heavy atom. The molecule has 2 unspecified atom stereocenters. The molecule has 0 heterocycles. The second kappa shape index (κ2) is 8.25. The van der Waals surface area contributed by atoms with Gasteiger partial charge < -0.3 is 9.47 Å². The van der Waals surface area contributed by atoms with Gasteiger partial charge in [0, 0.05) is 0 Å². The van der Waals surface area contributed by atoms with Gasteiger partial charge in [-0.25, -0.2) is 4.79 Å². The summed E-state index contributed by atoms with van der Waals surface area (Å²) in [5.41, 5.74) is 0.457. The molecule has 0 aliphatic rings. The molecule has 0 fully saturated rings. The maximum atomic E-state index is 12.0. The van der Waals surface area contributed by atoms with Crippen LogP contribution in [0, 0.1) is 5.92 Å². The Kier molecular flexibility index (Phi) is 6.66. The van der Waals surface area contributed by atoms with Crippen LogP contribution in [-0.2, 0) is 14.3 Å². The summed E-state index contributed by atoms with van der Waals surface area (Å²) in [6.07, 6.45) is 1.23. The van der Waals surface area contributed by atoms with Gasteiger partial charge in [-0.1, -0.05) is 24.3 Å². The fourth-order valence-electron chi connectivity index (χ4n) is 1.87. The number of esters is 2. The fourth-order valence-corrected chi connectivity index (χ4v) is 1.87. The lowest BCUT2D eigenvalue weighted by Gasteiger charge is -2.22. The Hall–Kier alpha value is -2.10. The van der Waals surface area contributed by atoms with Crippen molar-refractivity contribution in [2.75, 3.05) is 0 Å². The lowest BCUT2D eigenvalue weighted by molar-refractivity contribution is -0.155. The van der Waals surface area contributed by atoms with Crippen molar-refractivity contribution in [2.24, 2.45) is 5.92 Å². The lowest BCUT2D eigenvalue weighted by Crippen LogP contribution is -2.32. The normalized spacial score (nSPS) is 13.3. The molecular weight excluding hydrogens is 268 g/mol. The first kappa shape index (κ1) is 17.0. The molecular formula is C17H22O4. The smallest absolute Gasteiger partial charge is 0.338 e. The van der Waals surface area contributed by atoms with Crippen LogP contribution in [0.3, 0.4) is 0 Å². The minimum Gasteiger partial charge on any atom is -0.463 e. The molecule has 0 bridgehead atoms. The van der Waals surface area contributed by atoms with Crippen LogP contribution in [0.1, 0.15) is 37.6 Å². The van der Waals surface area contributed by atoms with Crippen molar-refractivity contribution < 1.29 is 19.1 Å². The molecule has 114 valence electrons. The van der Waals surface area contributed by atoms with E-state index < -0.39 is 18.0 Å². The number of allylic oxidation sites excluding steroid dienone is 1. The van der Waals surface area contributed by atoms with E-state index in [9.17, 15) is 9.59 Å². The molecule has 0 amide bonds. The molecule has 1 rings (SSSR count). The highest BCUT2D eigenvalue weighted by Gasteiger charge is 2.29. The van der Waals surface area contributed by atoms with Crippen molar-refractivity contribution in [3.63, 3.8) is 0 Å². The number of carbonyl (C=O) groups excluding carboxylic acids is 2. The van der Waals surface area contributed by atoms with E-state index >= 15 is 0 Å². The molecule has 1 aromatic carbocycles. The summed E-state index contributed by atoms with van der Waals surface area (Å²) >= 11 is 0. The van der Waals surface area contributed by atoms with E-state index in [1.54, 1.807) is 51.1 Å². The topological polar surface area (TPSA) is 52.6 Å². The Labute approximate surface area is 125 Å². The van der Waals surface area contributed by atoms with E-state index in [0.717, 1.165) is 0 Å². The lowest BCUT2D eigenvalue weighted by atomic mass is 9.99. The molecule has 1 aromatic rings. The van der Waals surface area contributed by atoms with Crippen LogP contribution in [0.4, 0.5) is 0 Å². The monoisotopic (exact) mass is 290 g/mol. The zero-order valence-corrected chi connectivity index (χ0v) is 12.7. The SMILES string of the molecule is C=CCC(C(=O)OC(C)C)C(C)OC(=O)c1ccccc1. The summed E-state index contributed by atoms with van der Waals surface area (Å²) in [6, 6.07) is 8.68. The van der Waals surface area contributed by atoms with Crippen molar-refractivity contribution in [1.82, 2.24) is 0 Å². The second-order valence-electron chi connectivity index (χ2n) is 5.09. The van der Waals surface area contributed by atoms with Crippen molar-refractivity contribution in [3.8, 4) is 0 Å². The third-order valence-electron chi connectivity index (χ3n) is 2.94. The van der Waals surface area contributed by atoms with Crippen LogP contribution < -0.4 is 0 Å². The van der Waals surface area contributed by atoms with Crippen LogP contribution in [0.5, 0.6) is 0 Å². The average molecular weight is 290 g/mol. The van der Waals surface area contributed by atoms with Gasteiger partial charge in [-0.3, -0.25) is 4.79 Å². The number of hydrogen-bond acceptors (Lipinski definition) is 4. The number of ether oxygens (including phenoxy) is 2. The van der Waals surface area contributed by atoms with Crippen molar-refractivity contribution in [1.29, 1.82) is 0 Å². The van der Waals surface area contributed by atoms with Crippen LogP contribution in [-0.4, -0.2) is 24.1 Å². The Morgan fingerprint density at radius 1 is 1.14 bits per heavy atom. The summed E-state index contributed by atoms with van der Waals surface area (Å²) in [5, 5.41) is 0. The fraction of sp³-hybridized carbons (Fsp3) is 0.412. The molecule has 2 atom stereocenters. The minimum atomic E-state index is -0.582. The van der Waals surface area contributed by atoms with Gasteiger partial charge in [0.1, 0.15) is 6.10 Å². The first-order chi connectivity index (χ1) is 9.95. The molecule has 0 saturated carbocycles. The first-order valence-electron chi connectivity index (χ1n) is 7.03. The Balaban J connectivity index is 2.72. The minimum absolute atomic E-state index is 0.207. The largest absolute Gasteiger partial charge is 0.463 e. The highest BCUT2D eigenvalue weighted by atomic mass is 16.6. The summed E-state index contributed by atoms with van der Waals surface area (Å²) in [7, 11) is 0. The van der Waals surface area contributed by atoms with Crippen LogP contribution in [0.25, 0.3) is 0 Å². The third-order valence-corrected chi connectivity index (χ3v) is 2.94. The van der Waals surface area contributed by atoms with Crippen LogP contribution in [0.15, 0.2) is 43.0 Å². The summed E-state index contributed by atoms with van der Waals surface area (Å²) in [4.78, 5) is 24.1. The predicted molar refractivity (Wildman–Crippen MR) is 80.9 cm³/mol. The van der Waals surface area contributed by atoms with E-state index in [2.05, 4.69) is 6.58 Å². The maximum absolute atomic E-state index is 12.0. The van der Waals surface area contributed by atoms with Gasteiger partial charge in [-0.15, -0.1) is 6.58 Å². The molecule has 0 saturated heterocycles. The number of carbonyl (C=O) groups is 2. The van der Waals surface area contributed by atoms with E-state index in [0.29, 0.717) is 12.0 Å². The maximum Gasteiger partial charge on any atom is 0.338 e. The Bertz CT molecular complexity index is 479. The van der Waals surface area contributed by atoms with Gasteiger partial charge >= 0.3 is 11.9 Å². The molecule has 0 aliphatic heterocycles. The number of rotatable bonds is 7. The van der Waals surface area contributed by atoms with Gasteiger partial charge in [-0.2, -0.15) is 0 Å². The van der Waals surface area contributed by atoms with E-state index in [1.807, 2.05) is 6.07 Å². The highest BCUT2D eigenvalue weighted by Crippen LogP contribution is 2.18. The molecule has 0 N–H and O–H groups in total. The van der Waals surface area contributed by atoms with Crippen LogP contribution in [0.2, 0.25) is 0 Å². The quantitative estimate of drug-likeness (QED) is 0.570. The van der Waals surface area contributed by atoms with Crippen molar-refractivity contribution in [2.45, 2.75) is 39.4 Å². The van der Waals surface area contributed by atoms with E-state index in [-0.39, 0.29) is 12.1 Å². The molecule has 4 heteroatoms. The van der Waals surface area contributed by atoms with Gasteiger partial charge in [-0.05, 0) is 39.3 Å². The van der Waals surface area contributed by atoms with Crippen molar-refractivity contribution in [3.05, 3.63) is 48.6 Å². The third kappa shape index (κ3) is 5.42. The number of hydrogen-bond donors (Lipinski definition) is 0. The second-order valence-corrected chi connectivity index (χ2v) is 5.09. The molecule has 0 aromatic heterocycles. The van der Waals surface area contributed by atoms with Gasteiger partial charge in [0.25, 0.3) is 0 Å². The molecule has 21 heavy (non-hydrogen) atoms. The molecule has 0 spiro atoms. The van der Waals surface area contributed by atoms with E-state index in [1.165, 1.54) is 0 Å². The molecule has 4 nitrogen and oxygen atoms in total. The van der Waals surface area contributed by atoms with Gasteiger partial charge in [0.15, 0.2) is 0 Å². The number of benzene rings is 1. The summed E-state index contributed by atoms with van der Waals surface area (Å²) < 4.78 is 10.6. The highest BCUT2D eigenvalue weighted by molar-refractivity contribution is 5.89. The van der Waals surface area contributed by atoms with Gasteiger partial charge in [0.05, 0.1) is 17.6 Å². The standard InChI is InChI=1S/C17H22O4/c1-5-9-15(17(19)20-12(2)3)13(4)21-16(18)14-10-7-6-8-11-14/h5-8,10-13,15H,1,9H2,2-4H3. The Morgan fingerprint density at radius 3 is 2.29 bits per heavy atom. The first-order valence-corrected chi connectivity index (χ1v) is 7.03. The van der Waals surface area contributed by atoms with E-state index in [4.69, 9.17) is 9.47 Å². The van der Waals surface area contributed by atoms with Crippen molar-refractivity contribution >= 4 is 11.9 Å². The zero-order chi connectivity index (χ0) is 15.8. The summed E-state index contributed by atoms with van der Waals surface area (Å²) in [6.45, 7) is 8.89. The average Bonchev–Trinajstić information content (AvgIpc) is 2.44.